The van der Waals surface area contributed by atoms with E-state index in [2.05, 4.69) is 25.5 Å². The van der Waals surface area contributed by atoms with E-state index in [0.29, 0.717) is 26.7 Å². The van der Waals surface area contributed by atoms with Crippen molar-refractivity contribution in [3.63, 3.8) is 0 Å². The summed E-state index contributed by atoms with van der Waals surface area (Å²) in [5, 5.41) is 11.6. The molecule has 0 radical (unpaired) electrons. The molecule has 6 nitrogen and oxygen atoms in total. The summed E-state index contributed by atoms with van der Waals surface area (Å²) in [6.45, 7) is 0. The normalized spacial score (nSPS) is 10.8. The second kappa shape index (κ2) is 6.33. The van der Waals surface area contributed by atoms with Crippen molar-refractivity contribution in [3.8, 4) is 10.6 Å². The van der Waals surface area contributed by atoms with Gasteiger partial charge in [0.2, 0.25) is 5.13 Å². The van der Waals surface area contributed by atoms with Crippen LogP contribution < -0.4 is 5.32 Å². The fraction of sp³-hybridized carbons (Fsp3) is 0. The fourth-order valence-electron chi connectivity index (χ4n) is 2.26. The average Bonchev–Trinajstić information content (AvgIpc) is 3.10. The molecule has 122 valence electrons. The highest BCUT2D eigenvalue weighted by Gasteiger charge is 2.12. The highest BCUT2D eigenvalue weighted by atomic mass is 32.1. The van der Waals surface area contributed by atoms with Crippen molar-refractivity contribution in [3.05, 3.63) is 66.2 Å². The Morgan fingerprint density at radius 1 is 0.960 bits per heavy atom. The van der Waals surface area contributed by atoms with Crippen molar-refractivity contribution in [1.82, 2.24) is 20.2 Å². The highest BCUT2D eigenvalue weighted by molar-refractivity contribution is 7.18. The Hall–Kier alpha value is -3.26. The van der Waals surface area contributed by atoms with Crippen molar-refractivity contribution >= 4 is 33.4 Å². The lowest BCUT2D eigenvalue weighted by Crippen LogP contribution is -2.11. The number of rotatable bonds is 3. The van der Waals surface area contributed by atoms with Gasteiger partial charge in [0.25, 0.3) is 5.91 Å². The number of amides is 1. The molecule has 2 aromatic carbocycles. The Bertz CT molecular complexity index is 1060. The standard InChI is InChI=1S/C17H10FN5OS/c18-12-4-1-10(2-5-12)16-22-23-17(25-16)21-15(24)11-3-6-13-14(9-11)20-8-7-19-13/h1-9H,(H,21,23,24). The van der Waals surface area contributed by atoms with Crippen LogP contribution in [0.4, 0.5) is 9.52 Å². The number of carbonyl (C=O) groups is 1. The Labute approximate surface area is 145 Å². The molecule has 0 aliphatic heterocycles. The molecule has 0 atom stereocenters. The Morgan fingerprint density at radius 3 is 2.52 bits per heavy atom. The lowest BCUT2D eigenvalue weighted by Gasteiger charge is -2.02. The van der Waals surface area contributed by atoms with Gasteiger partial charge in [-0.1, -0.05) is 11.3 Å². The number of hydrogen-bond donors (Lipinski definition) is 1. The van der Waals surface area contributed by atoms with E-state index >= 15 is 0 Å². The van der Waals surface area contributed by atoms with E-state index in [4.69, 9.17) is 0 Å². The van der Waals surface area contributed by atoms with Crippen LogP contribution in [0.3, 0.4) is 0 Å². The van der Waals surface area contributed by atoms with Crippen molar-refractivity contribution < 1.29 is 9.18 Å². The van der Waals surface area contributed by atoms with Gasteiger partial charge in [-0.05, 0) is 42.5 Å². The number of benzene rings is 2. The maximum Gasteiger partial charge on any atom is 0.257 e. The molecule has 4 rings (SSSR count). The van der Waals surface area contributed by atoms with Crippen LogP contribution in [0.2, 0.25) is 0 Å². The number of nitrogens with zero attached hydrogens (tertiary/aromatic N) is 4. The summed E-state index contributed by atoms with van der Waals surface area (Å²) >= 11 is 1.21. The minimum absolute atomic E-state index is 0.311. The first-order chi connectivity index (χ1) is 12.2. The SMILES string of the molecule is O=C(Nc1nnc(-c2ccc(F)cc2)s1)c1ccc2nccnc2c1. The van der Waals surface area contributed by atoms with Gasteiger partial charge in [-0.25, -0.2) is 4.39 Å². The first-order valence-electron chi connectivity index (χ1n) is 7.30. The van der Waals surface area contributed by atoms with E-state index in [0.717, 1.165) is 5.56 Å². The van der Waals surface area contributed by atoms with Crippen molar-refractivity contribution in [2.75, 3.05) is 5.32 Å². The van der Waals surface area contributed by atoms with E-state index in [9.17, 15) is 9.18 Å². The zero-order valence-corrected chi connectivity index (χ0v) is 13.5. The van der Waals surface area contributed by atoms with Gasteiger partial charge in [-0.2, -0.15) is 0 Å². The molecule has 25 heavy (non-hydrogen) atoms. The van der Waals surface area contributed by atoms with Gasteiger partial charge in [0.05, 0.1) is 11.0 Å². The zero-order valence-electron chi connectivity index (χ0n) is 12.7. The minimum atomic E-state index is -0.318. The number of anilines is 1. The largest absolute Gasteiger partial charge is 0.296 e. The fourth-order valence-corrected chi connectivity index (χ4v) is 3.00. The first-order valence-corrected chi connectivity index (χ1v) is 8.12. The molecular formula is C17H10FN5OS. The summed E-state index contributed by atoms with van der Waals surface area (Å²) in [5.74, 6) is -0.629. The Morgan fingerprint density at radius 2 is 1.72 bits per heavy atom. The molecule has 0 fully saturated rings. The Kier molecular flexibility index (Phi) is 3.87. The van der Waals surface area contributed by atoms with E-state index in [1.54, 1.807) is 42.7 Å². The number of aromatic nitrogens is 4. The summed E-state index contributed by atoms with van der Waals surface area (Å²) in [4.78, 5) is 20.7. The van der Waals surface area contributed by atoms with E-state index < -0.39 is 0 Å². The molecule has 0 aliphatic rings. The van der Waals surface area contributed by atoms with Gasteiger partial charge in [-0.15, -0.1) is 10.2 Å². The summed E-state index contributed by atoms with van der Waals surface area (Å²) in [6.07, 6.45) is 3.17. The third-order valence-electron chi connectivity index (χ3n) is 3.47. The van der Waals surface area contributed by atoms with Crippen molar-refractivity contribution in [2.45, 2.75) is 0 Å². The number of nitrogens with one attached hydrogen (secondary N) is 1. The van der Waals surface area contributed by atoms with Crippen LogP contribution in [-0.4, -0.2) is 26.1 Å². The van der Waals surface area contributed by atoms with Gasteiger partial charge in [-0.3, -0.25) is 20.1 Å². The summed E-state index contributed by atoms with van der Waals surface area (Å²) in [7, 11) is 0. The predicted molar refractivity (Wildman–Crippen MR) is 92.8 cm³/mol. The molecule has 0 bridgehead atoms. The average molecular weight is 351 g/mol. The molecule has 0 saturated heterocycles. The third kappa shape index (κ3) is 3.20. The van der Waals surface area contributed by atoms with Gasteiger partial charge >= 0.3 is 0 Å². The van der Waals surface area contributed by atoms with E-state index in [1.807, 2.05) is 0 Å². The van der Waals surface area contributed by atoms with Gasteiger partial charge < -0.3 is 0 Å². The maximum atomic E-state index is 13.0. The minimum Gasteiger partial charge on any atom is -0.296 e. The highest BCUT2D eigenvalue weighted by Crippen LogP contribution is 2.26. The molecule has 1 amide bonds. The molecule has 1 N–H and O–H groups in total. The van der Waals surface area contributed by atoms with E-state index in [-0.39, 0.29) is 11.7 Å². The topological polar surface area (TPSA) is 80.7 Å². The van der Waals surface area contributed by atoms with Crippen LogP contribution in [0.15, 0.2) is 54.9 Å². The van der Waals surface area contributed by atoms with Crippen LogP contribution in [0.5, 0.6) is 0 Å². The summed E-state index contributed by atoms with van der Waals surface area (Å²) in [6, 6.07) is 11.0. The number of carbonyl (C=O) groups excluding carboxylic acids is 1. The number of hydrogen-bond acceptors (Lipinski definition) is 6. The van der Waals surface area contributed by atoms with Crippen molar-refractivity contribution in [2.24, 2.45) is 0 Å². The second-order valence-electron chi connectivity index (χ2n) is 5.13. The lowest BCUT2D eigenvalue weighted by molar-refractivity contribution is 0.102. The molecule has 2 heterocycles. The first kappa shape index (κ1) is 15.3. The number of fused-ring (bicyclic) bond motifs is 1. The van der Waals surface area contributed by atoms with Gasteiger partial charge in [0, 0.05) is 23.5 Å². The predicted octanol–water partition coefficient (Wildman–Crippen LogP) is 3.54. The van der Waals surface area contributed by atoms with E-state index in [1.165, 1.54) is 23.5 Å². The van der Waals surface area contributed by atoms with Crippen LogP contribution in [0, 0.1) is 5.82 Å². The zero-order chi connectivity index (χ0) is 17.2. The van der Waals surface area contributed by atoms with Crippen molar-refractivity contribution in [1.29, 1.82) is 0 Å². The number of halogens is 1. The molecule has 8 heteroatoms. The molecule has 0 spiro atoms. The molecule has 0 aliphatic carbocycles. The monoisotopic (exact) mass is 351 g/mol. The van der Waals surface area contributed by atoms with Crippen LogP contribution >= 0.6 is 11.3 Å². The third-order valence-corrected chi connectivity index (χ3v) is 4.36. The summed E-state index contributed by atoms with van der Waals surface area (Å²) < 4.78 is 13.0. The van der Waals surface area contributed by atoms with Crippen LogP contribution in [0.1, 0.15) is 10.4 Å². The maximum absolute atomic E-state index is 13.0. The van der Waals surface area contributed by atoms with Crippen LogP contribution in [0.25, 0.3) is 21.6 Å². The van der Waals surface area contributed by atoms with Gasteiger partial charge in [0.1, 0.15) is 10.8 Å². The second-order valence-corrected chi connectivity index (χ2v) is 6.11. The summed E-state index contributed by atoms with van der Waals surface area (Å²) in [5.41, 5.74) is 2.54. The van der Waals surface area contributed by atoms with Gasteiger partial charge in [0.15, 0.2) is 0 Å². The molecule has 0 saturated carbocycles. The smallest absolute Gasteiger partial charge is 0.257 e. The Balaban J connectivity index is 1.55. The lowest BCUT2D eigenvalue weighted by atomic mass is 10.2. The molecule has 4 aromatic rings. The molecule has 0 unspecified atom stereocenters. The molecule has 2 aromatic heterocycles. The quantitative estimate of drug-likeness (QED) is 0.611. The van der Waals surface area contributed by atoms with Crippen LogP contribution in [-0.2, 0) is 0 Å². The molecular weight excluding hydrogens is 341 g/mol.